The molecule has 1 atom stereocenters. The van der Waals surface area contributed by atoms with Crippen molar-refractivity contribution in [2.24, 2.45) is 0 Å². The van der Waals surface area contributed by atoms with Gasteiger partial charge in [-0.25, -0.2) is 0 Å². The van der Waals surface area contributed by atoms with Crippen LogP contribution in [-0.2, 0) is 14.4 Å². The molecule has 6 heteroatoms. The number of hydrogen-bond donors (Lipinski definition) is 1. The maximum Gasteiger partial charge on any atom is 0.250 e. The predicted octanol–water partition coefficient (Wildman–Crippen LogP) is 0.189. The Morgan fingerprint density at radius 1 is 1.45 bits per heavy atom. The SMILES string of the molecule is [B]/C(C=C)=C/C1=C(C)C(=O)N(C2CCC(=O)NC2=O)C1. The van der Waals surface area contributed by atoms with Gasteiger partial charge in [-0.2, -0.15) is 0 Å². The third kappa shape index (κ3) is 2.59. The molecule has 0 spiro atoms. The highest BCUT2D eigenvalue weighted by molar-refractivity contribution is 6.23. The van der Waals surface area contributed by atoms with Crippen molar-refractivity contribution in [3.63, 3.8) is 0 Å². The smallest absolute Gasteiger partial charge is 0.250 e. The molecule has 102 valence electrons. The largest absolute Gasteiger partial charge is 0.323 e. The minimum atomic E-state index is -0.592. The summed E-state index contributed by atoms with van der Waals surface area (Å²) in [5.74, 6) is -0.898. The number of nitrogens with one attached hydrogen (secondary N) is 1. The standard InChI is InChI=1S/C14H15BN2O3/c1-3-10(15)6-9-7-17(14(20)8(9)2)11-4-5-12(18)16-13(11)19/h3,6,11H,1,4-5,7H2,2H3,(H,16,18,19)/b10-6+. The van der Waals surface area contributed by atoms with Crippen LogP contribution in [0.25, 0.3) is 0 Å². The van der Waals surface area contributed by atoms with E-state index in [2.05, 4.69) is 11.9 Å². The Balaban J connectivity index is 2.18. The molecule has 2 aliphatic rings. The quantitative estimate of drug-likeness (QED) is 0.452. The molecule has 1 saturated heterocycles. The molecule has 5 nitrogen and oxygen atoms in total. The summed E-state index contributed by atoms with van der Waals surface area (Å²) in [6.07, 6.45) is 3.79. The number of amides is 3. The topological polar surface area (TPSA) is 66.5 Å². The van der Waals surface area contributed by atoms with Crippen LogP contribution >= 0.6 is 0 Å². The summed E-state index contributed by atoms with van der Waals surface area (Å²) in [6, 6.07) is -0.592. The fourth-order valence-electron chi connectivity index (χ4n) is 2.37. The van der Waals surface area contributed by atoms with E-state index in [9.17, 15) is 14.4 Å². The average molecular weight is 270 g/mol. The number of hydrogen-bond acceptors (Lipinski definition) is 3. The molecule has 2 rings (SSSR count). The van der Waals surface area contributed by atoms with Crippen molar-refractivity contribution >= 4 is 25.6 Å². The van der Waals surface area contributed by atoms with Crippen molar-refractivity contribution in [2.75, 3.05) is 6.54 Å². The Hall–Kier alpha value is -2.11. The van der Waals surface area contributed by atoms with Crippen molar-refractivity contribution in [2.45, 2.75) is 25.8 Å². The second-order valence-electron chi connectivity index (χ2n) is 4.90. The third-order valence-electron chi connectivity index (χ3n) is 3.57. The van der Waals surface area contributed by atoms with Crippen molar-refractivity contribution in [1.29, 1.82) is 0 Å². The van der Waals surface area contributed by atoms with Crippen LogP contribution in [0.5, 0.6) is 0 Å². The van der Waals surface area contributed by atoms with Crippen LogP contribution in [0.1, 0.15) is 19.8 Å². The highest BCUT2D eigenvalue weighted by Gasteiger charge is 2.38. The van der Waals surface area contributed by atoms with Gasteiger partial charge in [-0.3, -0.25) is 19.7 Å². The first-order valence-corrected chi connectivity index (χ1v) is 6.38. The molecule has 0 aliphatic carbocycles. The number of carbonyl (C=O) groups excluding carboxylic acids is 3. The predicted molar refractivity (Wildman–Crippen MR) is 74.6 cm³/mol. The summed E-state index contributed by atoms with van der Waals surface area (Å²) >= 11 is 0. The average Bonchev–Trinajstić information content (AvgIpc) is 2.67. The van der Waals surface area contributed by atoms with Crippen LogP contribution in [0.2, 0.25) is 0 Å². The van der Waals surface area contributed by atoms with Crippen LogP contribution in [-0.4, -0.2) is 43.1 Å². The van der Waals surface area contributed by atoms with Crippen LogP contribution in [0.15, 0.2) is 35.3 Å². The second-order valence-corrected chi connectivity index (χ2v) is 4.90. The first-order chi connectivity index (χ1) is 9.43. The minimum Gasteiger partial charge on any atom is -0.323 e. The summed E-state index contributed by atoms with van der Waals surface area (Å²) in [6.45, 7) is 5.59. The van der Waals surface area contributed by atoms with Gasteiger partial charge in [-0.15, -0.1) is 0 Å². The number of piperidine rings is 1. The Morgan fingerprint density at radius 2 is 2.15 bits per heavy atom. The van der Waals surface area contributed by atoms with Crippen LogP contribution in [0.3, 0.4) is 0 Å². The lowest BCUT2D eigenvalue weighted by Crippen LogP contribution is -2.53. The zero-order valence-corrected chi connectivity index (χ0v) is 11.3. The fraction of sp³-hybridized carbons (Fsp3) is 0.357. The summed E-state index contributed by atoms with van der Waals surface area (Å²) in [4.78, 5) is 36.7. The highest BCUT2D eigenvalue weighted by Crippen LogP contribution is 2.25. The Bertz CT molecular complexity index is 563. The highest BCUT2D eigenvalue weighted by atomic mass is 16.2. The molecule has 0 bridgehead atoms. The first-order valence-electron chi connectivity index (χ1n) is 6.38. The van der Waals surface area contributed by atoms with E-state index in [0.717, 1.165) is 5.57 Å². The number of allylic oxidation sites excluding steroid dienone is 2. The molecule has 0 aromatic heterocycles. The molecular weight excluding hydrogens is 255 g/mol. The zero-order valence-electron chi connectivity index (χ0n) is 11.3. The lowest BCUT2D eigenvalue weighted by atomic mass is 9.93. The van der Waals surface area contributed by atoms with Crippen LogP contribution in [0, 0.1) is 0 Å². The summed E-state index contributed by atoms with van der Waals surface area (Å²) in [7, 11) is 5.68. The van der Waals surface area contributed by atoms with Gasteiger partial charge >= 0.3 is 0 Å². The van der Waals surface area contributed by atoms with Crippen molar-refractivity contribution < 1.29 is 14.4 Å². The molecule has 1 fully saturated rings. The van der Waals surface area contributed by atoms with E-state index < -0.39 is 11.9 Å². The minimum absolute atomic E-state index is 0.192. The number of carbonyl (C=O) groups is 3. The maximum absolute atomic E-state index is 12.2. The van der Waals surface area contributed by atoms with E-state index in [4.69, 9.17) is 7.85 Å². The van der Waals surface area contributed by atoms with Gasteiger partial charge in [0.05, 0.1) is 0 Å². The molecule has 2 heterocycles. The normalized spacial score (nSPS) is 24.2. The van der Waals surface area contributed by atoms with Gasteiger partial charge in [0.1, 0.15) is 13.9 Å². The maximum atomic E-state index is 12.2. The molecule has 3 amide bonds. The van der Waals surface area contributed by atoms with Crippen molar-refractivity contribution in [3.05, 3.63) is 35.3 Å². The van der Waals surface area contributed by atoms with Crippen molar-refractivity contribution in [3.8, 4) is 0 Å². The van der Waals surface area contributed by atoms with Gasteiger partial charge in [-0.1, -0.05) is 24.2 Å². The van der Waals surface area contributed by atoms with Gasteiger partial charge < -0.3 is 4.90 Å². The number of imide groups is 1. The van der Waals surface area contributed by atoms with Gasteiger partial charge in [0, 0.05) is 18.5 Å². The zero-order chi connectivity index (χ0) is 14.9. The van der Waals surface area contributed by atoms with Gasteiger partial charge in [0.2, 0.25) is 11.8 Å². The fourth-order valence-corrected chi connectivity index (χ4v) is 2.37. The van der Waals surface area contributed by atoms with E-state index >= 15 is 0 Å². The number of nitrogens with zero attached hydrogens (tertiary/aromatic N) is 1. The molecule has 1 unspecified atom stereocenters. The Kier molecular flexibility index (Phi) is 3.92. The molecule has 0 aromatic rings. The molecule has 20 heavy (non-hydrogen) atoms. The van der Waals surface area contributed by atoms with Crippen molar-refractivity contribution in [1.82, 2.24) is 10.2 Å². The van der Waals surface area contributed by atoms with Gasteiger partial charge in [-0.05, 0) is 18.9 Å². The Labute approximate surface area is 118 Å². The molecule has 0 aromatic carbocycles. The molecule has 2 aliphatic heterocycles. The van der Waals surface area contributed by atoms with Crippen LogP contribution in [0.4, 0.5) is 0 Å². The molecule has 0 saturated carbocycles. The van der Waals surface area contributed by atoms with Gasteiger partial charge in [0.25, 0.3) is 5.91 Å². The summed E-state index contributed by atoms with van der Waals surface area (Å²) in [5, 5.41) is 2.26. The monoisotopic (exact) mass is 270 g/mol. The van der Waals surface area contributed by atoms with E-state index in [1.165, 1.54) is 11.0 Å². The lowest BCUT2D eigenvalue weighted by molar-refractivity contribution is -0.142. The van der Waals surface area contributed by atoms with E-state index in [0.29, 0.717) is 24.0 Å². The summed E-state index contributed by atoms with van der Waals surface area (Å²) < 4.78 is 0. The first kappa shape index (κ1) is 14.3. The van der Waals surface area contributed by atoms with E-state index in [-0.39, 0.29) is 18.2 Å². The molecular formula is C14H15BN2O3. The van der Waals surface area contributed by atoms with E-state index in [1.54, 1.807) is 13.0 Å². The molecule has 1 N–H and O–H groups in total. The number of rotatable bonds is 3. The summed E-state index contributed by atoms with van der Waals surface area (Å²) in [5.41, 5.74) is 1.81. The lowest BCUT2D eigenvalue weighted by Gasteiger charge is -2.29. The second kappa shape index (κ2) is 5.49. The third-order valence-corrected chi connectivity index (χ3v) is 3.57. The Morgan fingerprint density at radius 3 is 2.75 bits per heavy atom. The molecule has 2 radical (unpaired) electrons. The van der Waals surface area contributed by atoms with E-state index in [1.807, 2.05) is 0 Å². The van der Waals surface area contributed by atoms with Crippen LogP contribution < -0.4 is 5.32 Å². The van der Waals surface area contributed by atoms with Gasteiger partial charge in [0.15, 0.2) is 0 Å².